The molecule has 0 amide bonds. The summed E-state index contributed by atoms with van der Waals surface area (Å²) < 4.78 is 10.6. The SMILES string of the molecule is COC(=O)c1cc(Br)c(C(O)C2CCOCC2)nc1C. The van der Waals surface area contributed by atoms with Crippen LogP contribution in [0.4, 0.5) is 0 Å². The molecule has 1 aromatic heterocycles. The zero-order valence-corrected chi connectivity index (χ0v) is 13.1. The molecular formula is C14H18BrNO4. The molecule has 0 radical (unpaired) electrons. The van der Waals surface area contributed by atoms with Gasteiger partial charge in [0.1, 0.15) is 6.10 Å². The highest BCUT2D eigenvalue weighted by Gasteiger charge is 2.27. The standard InChI is InChI=1S/C14H18BrNO4/c1-8-10(14(18)19-2)7-11(15)12(16-8)13(17)9-3-5-20-6-4-9/h7,9,13,17H,3-6H2,1-2H3. The molecule has 1 unspecified atom stereocenters. The van der Waals surface area contributed by atoms with Crippen LogP contribution in [0.1, 0.15) is 40.7 Å². The third kappa shape index (κ3) is 3.19. The minimum absolute atomic E-state index is 0.135. The van der Waals surface area contributed by atoms with Gasteiger partial charge < -0.3 is 14.6 Å². The Hall–Kier alpha value is -0.980. The molecule has 1 atom stereocenters. The molecule has 1 aromatic rings. The van der Waals surface area contributed by atoms with Crippen LogP contribution in [0.3, 0.4) is 0 Å². The number of aliphatic hydroxyl groups excluding tert-OH is 1. The van der Waals surface area contributed by atoms with Gasteiger partial charge in [0.05, 0.1) is 24.1 Å². The van der Waals surface area contributed by atoms with Crippen LogP contribution in [0.15, 0.2) is 10.5 Å². The van der Waals surface area contributed by atoms with Crippen LogP contribution in [0, 0.1) is 12.8 Å². The highest BCUT2D eigenvalue weighted by molar-refractivity contribution is 9.10. The number of ether oxygens (including phenoxy) is 2. The van der Waals surface area contributed by atoms with Crippen LogP contribution in [0.5, 0.6) is 0 Å². The molecule has 1 aliphatic rings. The van der Waals surface area contributed by atoms with Gasteiger partial charge >= 0.3 is 5.97 Å². The van der Waals surface area contributed by atoms with Crippen molar-refractivity contribution in [1.29, 1.82) is 0 Å². The first kappa shape index (κ1) is 15.4. The summed E-state index contributed by atoms with van der Waals surface area (Å²) in [6.07, 6.45) is 0.971. The number of rotatable bonds is 3. The third-order valence-corrected chi connectivity index (χ3v) is 4.23. The van der Waals surface area contributed by atoms with E-state index in [1.165, 1.54) is 7.11 Å². The molecule has 0 bridgehead atoms. The van der Waals surface area contributed by atoms with E-state index in [0.29, 0.717) is 34.6 Å². The number of nitrogens with zero attached hydrogens (tertiary/aromatic N) is 1. The summed E-state index contributed by atoms with van der Waals surface area (Å²) in [6, 6.07) is 1.66. The second-order valence-electron chi connectivity index (χ2n) is 4.87. The van der Waals surface area contributed by atoms with E-state index in [-0.39, 0.29) is 5.92 Å². The van der Waals surface area contributed by atoms with Crippen molar-refractivity contribution < 1.29 is 19.4 Å². The van der Waals surface area contributed by atoms with Gasteiger partial charge in [-0.3, -0.25) is 4.98 Å². The van der Waals surface area contributed by atoms with Crippen molar-refractivity contribution in [3.05, 3.63) is 27.5 Å². The van der Waals surface area contributed by atoms with Crippen LogP contribution in [0.2, 0.25) is 0 Å². The van der Waals surface area contributed by atoms with Gasteiger partial charge in [0, 0.05) is 17.7 Å². The van der Waals surface area contributed by atoms with Gasteiger partial charge in [0.15, 0.2) is 0 Å². The van der Waals surface area contributed by atoms with Crippen molar-refractivity contribution >= 4 is 21.9 Å². The molecule has 2 rings (SSSR count). The lowest BCUT2D eigenvalue weighted by molar-refractivity contribution is 0.00521. The lowest BCUT2D eigenvalue weighted by Gasteiger charge is -2.27. The maximum absolute atomic E-state index is 11.6. The van der Waals surface area contributed by atoms with E-state index in [2.05, 4.69) is 20.9 Å². The van der Waals surface area contributed by atoms with E-state index < -0.39 is 12.1 Å². The molecule has 5 nitrogen and oxygen atoms in total. The summed E-state index contributed by atoms with van der Waals surface area (Å²) in [5.41, 5.74) is 1.53. The average molecular weight is 344 g/mol. The van der Waals surface area contributed by atoms with Crippen molar-refractivity contribution in [1.82, 2.24) is 4.98 Å². The monoisotopic (exact) mass is 343 g/mol. The van der Waals surface area contributed by atoms with Crippen molar-refractivity contribution in [3.8, 4) is 0 Å². The van der Waals surface area contributed by atoms with E-state index >= 15 is 0 Å². The molecule has 1 fully saturated rings. The van der Waals surface area contributed by atoms with Crippen LogP contribution in [-0.2, 0) is 9.47 Å². The predicted molar refractivity (Wildman–Crippen MR) is 76.5 cm³/mol. The van der Waals surface area contributed by atoms with E-state index in [1.807, 2.05) is 0 Å². The molecule has 20 heavy (non-hydrogen) atoms. The van der Waals surface area contributed by atoms with Gasteiger partial charge in [-0.15, -0.1) is 0 Å². The molecule has 1 aliphatic heterocycles. The number of hydrogen-bond acceptors (Lipinski definition) is 5. The number of aryl methyl sites for hydroxylation is 1. The number of hydrogen-bond donors (Lipinski definition) is 1. The fraction of sp³-hybridized carbons (Fsp3) is 0.571. The van der Waals surface area contributed by atoms with E-state index in [0.717, 1.165) is 12.8 Å². The second-order valence-corrected chi connectivity index (χ2v) is 5.73. The molecule has 0 spiro atoms. The lowest BCUT2D eigenvalue weighted by atomic mass is 9.91. The quantitative estimate of drug-likeness (QED) is 0.853. The maximum atomic E-state index is 11.6. The number of carbonyl (C=O) groups excluding carboxylic acids is 1. The molecule has 2 heterocycles. The summed E-state index contributed by atoms with van der Waals surface area (Å²) in [7, 11) is 1.33. The number of pyridine rings is 1. The Balaban J connectivity index is 2.28. The zero-order valence-electron chi connectivity index (χ0n) is 11.6. The zero-order chi connectivity index (χ0) is 14.7. The smallest absolute Gasteiger partial charge is 0.339 e. The van der Waals surface area contributed by atoms with Crippen LogP contribution in [-0.4, -0.2) is 36.4 Å². The normalized spacial score (nSPS) is 17.8. The van der Waals surface area contributed by atoms with Crippen molar-refractivity contribution in [3.63, 3.8) is 0 Å². The van der Waals surface area contributed by atoms with Gasteiger partial charge in [-0.05, 0) is 47.7 Å². The average Bonchev–Trinajstić information content (AvgIpc) is 2.48. The number of halogens is 1. The minimum atomic E-state index is -0.654. The Bertz CT molecular complexity index is 500. The van der Waals surface area contributed by atoms with Crippen molar-refractivity contribution in [2.45, 2.75) is 25.9 Å². The van der Waals surface area contributed by atoms with Gasteiger partial charge in [-0.25, -0.2) is 4.79 Å². The van der Waals surface area contributed by atoms with Crippen LogP contribution >= 0.6 is 15.9 Å². The first-order valence-corrected chi connectivity index (χ1v) is 7.35. The summed E-state index contributed by atoms with van der Waals surface area (Å²) in [4.78, 5) is 16.0. The van der Waals surface area contributed by atoms with Crippen LogP contribution in [0.25, 0.3) is 0 Å². The van der Waals surface area contributed by atoms with Crippen LogP contribution < -0.4 is 0 Å². The Kier molecular flexibility index (Phi) is 5.12. The van der Waals surface area contributed by atoms with Gasteiger partial charge in [0.25, 0.3) is 0 Å². The Labute approximate surface area is 126 Å². The van der Waals surface area contributed by atoms with Crippen molar-refractivity contribution in [2.75, 3.05) is 20.3 Å². The number of aromatic nitrogens is 1. The van der Waals surface area contributed by atoms with Crippen molar-refractivity contribution in [2.24, 2.45) is 5.92 Å². The predicted octanol–water partition coefficient (Wildman–Crippen LogP) is 2.40. The molecule has 110 valence electrons. The number of carbonyl (C=O) groups is 1. The summed E-state index contributed by atoms with van der Waals surface area (Å²) in [6.45, 7) is 3.07. The molecule has 0 saturated carbocycles. The molecule has 0 aliphatic carbocycles. The van der Waals surface area contributed by atoms with E-state index in [1.54, 1.807) is 13.0 Å². The van der Waals surface area contributed by atoms with E-state index in [9.17, 15) is 9.90 Å². The summed E-state index contributed by atoms with van der Waals surface area (Å²) >= 11 is 3.38. The number of aliphatic hydroxyl groups is 1. The van der Waals surface area contributed by atoms with Gasteiger partial charge in [-0.2, -0.15) is 0 Å². The summed E-state index contributed by atoms with van der Waals surface area (Å²) in [5, 5.41) is 10.5. The first-order chi connectivity index (χ1) is 9.54. The highest BCUT2D eigenvalue weighted by atomic mass is 79.9. The maximum Gasteiger partial charge on any atom is 0.339 e. The lowest BCUT2D eigenvalue weighted by Crippen LogP contribution is -2.23. The van der Waals surface area contributed by atoms with Gasteiger partial charge in [-0.1, -0.05) is 0 Å². The third-order valence-electron chi connectivity index (χ3n) is 3.59. The Morgan fingerprint density at radius 1 is 1.55 bits per heavy atom. The first-order valence-electron chi connectivity index (χ1n) is 6.55. The van der Waals surface area contributed by atoms with Gasteiger partial charge in [0.2, 0.25) is 0 Å². The molecule has 1 saturated heterocycles. The fourth-order valence-corrected chi connectivity index (χ4v) is 2.93. The topological polar surface area (TPSA) is 68.7 Å². The fourth-order valence-electron chi connectivity index (χ4n) is 2.38. The molecule has 6 heteroatoms. The Morgan fingerprint density at radius 2 is 2.20 bits per heavy atom. The largest absolute Gasteiger partial charge is 0.465 e. The number of methoxy groups -OCH3 is 1. The second kappa shape index (κ2) is 6.65. The number of esters is 1. The Morgan fingerprint density at radius 3 is 2.80 bits per heavy atom. The minimum Gasteiger partial charge on any atom is -0.465 e. The summed E-state index contributed by atoms with van der Waals surface area (Å²) in [5.74, 6) is -0.293. The highest BCUT2D eigenvalue weighted by Crippen LogP contribution is 2.33. The molecule has 1 N–H and O–H groups in total. The van der Waals surface area contributed by atoms with E-state index in [4.69, 9.17) is 9.47 Å². The molecule has 0 aromatic carbocycles. The molecular weight excluding hydrogens is 326 g/mol.